The Morgan fingerprint density at radius 3 is 2.43 bits per heavy atom. The number of benzene rings is 1. The molecule has 0 atom stereocenters. The van der Waals surface area contributed by atoms with Gasteiger partial charge in [-0.05, 0) is 25.0 Å². The molecule has 0 spiro atoms. The van der Waals surface area contributed by atoms with E-state index in [9.17, 15) is 13.6 Å². The maximum atomic E-state index is 13.8. The summed E-state index contributed by atoms with van der Waals surface area (Å²) in [5.74, 6) is -2.11. The molecule has 30 heavy (non-hydrogen) atoms. The summed E-state index contributed by atoms with van der Waals surface area (Å²) in [6.07, 6.45) is 9.71. The largest absolute Gasteiger partial charge is 0.389 e. The minimum absolute atomic E-state index is 0.00874. The molecule has 4 rings (SSSR count). The molecule has 2 aromatic heterocycles. The van der Waals surface area contributed by atoms with E-state index in [-0.39, 0.29) is 21.3 Å². The second-order valence-electron chi connectivity index (χ2n) is 7.08. The fourth-order valence-electron chi connectivity index (χ4n) is 3.11. The standard InChI is InChI=1S/C14H11F2N5OS.C6H13N/c1-21-6-7(5-18-21)19-13(22)11-12(17)23-14(20-11)10-8(15)3-2-4-9(10)16;7-6-4-2-1-3-5-6/h2-6H,17H2,1H3,(H,19,22);6H,1-5,7H2. The third kappa shape index (κ3) is 5.39. The van der Waals surface area contributed by atoms with Crippen LogP contribution in [0, 0.1) is 11.6 Å². The van der Waals surface area contributed by atoms with Crippen LogP contribution in [0.2, 0.25) is 0 Å². The van der Waals surface area contributed by atoms with E-state index in [1.54, 1.807) is 13.2 Å². The van der Waals surface area contributed by atoms with Crippen molar-refractivity contribution in [2.24, 2.45) is 12.8 Å². The highest BCUT2D eigenvalue weighted by Gasteiger charge is 2.21. The molecule has 10 heteroatoms. The first-order valence-electron chi connectivity index (χ1n) is 9.61. The highest BCUT2D eigenvalue weighted by molar-refractivity contribution is 7.19. The Kier molecular flexibility index (Phi) is 7.11. The Labute approximate surface area is 177 Å². The Balaban J connectivity index is 0.000000310. The molecule has 2 heterocycles. The summed E-state index contributed by atoms with van der Waals surface area (Å²) in [4.78, 5) is 16.2. The molecular formula is C20H24F2N6OS. The number of thiazole rings is 1. The van der Waals surface area contributed by atoms with E-state index in [1.807, 2.05) is 0 Å². The number of aromatic nitrogens is 3. The van der Waals surface area contributed by atoms with Crippen LogP contribution >= 0.6 is 11.3 Å². The van der Waals surface area contributed by atoms with Crippen LogP contribution < -0.4 is 16.8 Å². The number of halogens is 2. The fourth-order valence-corrected chi connectivity index (χ4v) is 3.99. The van der Waals surface area contributed by atoms with Gasteiger partial charge in [0.25, 0.3) is 5.91 Å². The summed E-state index contributed by atoms with van der Waals surface area (Å²) in [5.41, 5.74) is 11.5. The van der Waals surface area contributed by atoms with Crippen LogP contribution in [0.25, 0.3) is 10.6 Å². The maximum absolute atomic E-state index is 13.8. The summed E-state index contributed by atoms with van der Waals surface area (Å²) < 4.78 is 29.1. The summed E-state index contributed by atoms with van der Waals surface area (Å²) in [6, 6.07) is 4.02. The Bertz CT molecular complexity index is 992. The van der Waals surface area contributed by atoms with Gasteiger partial charge in [0, 0.05) is 19.3 Å². The number of hydrogen-bond acceptors (Lipinski definition) is 6. The SMILES string of the molecule is Cn1cc(NC(=O)c2nc(-c3c(F)cccc3F)sc2N)cn1.NC1CCCCC1. The molecule has 0 unspecified atom stereocenters. The number of carbonyl (C=O) groups excluding carboxylic acids is 1. The number of nitrogen functional groups attached to an aromatic ring is 1. The second-order valence-corrected chi connectivity index (χ2v) is 8.11. The Morgan fingerprint density at radius 2 is 1.90 bits per heavy atom. The number of hydrogen-bond donors (Lipinski definition) is 3. The van der Waals surface area contributed by atoms with Crippen LogP contribution in [0.5, 0.6) is 0 Å². The van der Waals surface area contributed by atoms with Crippen molar-refractivity contribution >= 4 is 27.9 Å². The van der Waals surface area contributed by atoms with Crippen LogP contribution in [0.3, 0.4) is 0 Å². The maximum Gasteiger partial charge on any atom is 0.277 e. The summed E-state index contributed by atoms with van der Waals surface area (Å²) in [6.45, 7) is 0. The van der Waals surface area contributed by atoms with Crippen molar-refractivity contribution < 1.29 is 13.6 Å². The molecule has 1 amide bonds. The van der Waals surface area contributed by atoms with E-state index in [4.69, 9.17) is 11.5 Å². The van der Waals surface area contributed by atoms with Crippen LogP contribution in [0.15, 0.2) is 30.6 Å². The Hall–Kier alpha value is -2.85. The lowest BCUT2D eigenvalue weighted by Crippen LogP contribution is -2.22. The number of aryl methyl sites for hydroxylation is 1. The van der Waals surface area contributed by atoms with Crippen molar-refractivity contribution in [3.05, 3.63) is 47.9 Å². The van der Waals surface area contributed by atoms with Gasteiger partial charge in [0.2, 0.25) is 0 Å². The molecule has 1 saturated carbocycles. The highest BCUT2D eigenvalue weighted by Crippen LogP contribution is 2.33. The van der Waals surface area contributed by atoms with Crippen LogP contribution in [-0.2, 0) is 7.05 Å². The topological polar surface area (TPSA) is 112 Å². The first kappa shape index (κ1) is 21.8. The van der Waals surface area contributed by atoms with Crippen LogP contribution in [-0.4, -0.2) is 26.7 Å². The summed E-state index contributed by atoms with van der Waals surface area (Å²) in [5, 5.41) is 6.57. The number of nitrogens with zero attached hydrogens (tertiary/aromatic N) is 3. The van der Waals surface area contributed by atoms with Crippen molar-refractivity contribution in [1.29, 1.82) is 0 Å². The molecule has 5 N–H and O–H groups in total. The quantitative estimate of drug-likeness (QED) is 0.578. The molecule has 160 valence electrons. The van der Waals surface area contributed by atoms with Gasteiger partial charge in [0.15, 0.2) is 5.69 Å². The zero-order chi connectivity index (χ0) is 21.7. The monoisotopic (exact) mass is 434 g/mol. The van der Waals surface area contributed by atoms with E-state index in [2.05, 4.69) is 15.4 Å². The van der Waals surface area contributed by atoms with Crippen molar-refractivity contribution in [3.8, 4) is 10.6 Å². The van der Waals surface area contributed by atoms with Crippen molar-refractivity contribution in [1.82, 2.24) is 14.8 Å². The van der Waals surface area contributed by atoms with Gasteiger partial charge in [-0.15, -0.1) is 0 Å². The first-order valence-corrected chi connectivity index (χ1v) is 10.4. The molecule has 7 nitrogen and oxygen atoms in total. The molecule has 0 bridgehead atoms. The number of amides is 1. The van der Waals surface area contributed by atoms with Gasteiger partial charge in [-0.25, -0.2) is 13.8 Å². The third-order valence-corrected chi connectivity index (χ3v) is 5.56. The van der Waals surface area contributed by atoms with Crippen LogP contribution in [0.1, 0.15) is 42.6 Å². The van der Waals surface area contributed by atoms with Gasteiger partial charge >= 0.3 is 0 Å². The molecule has 1 fully saturated rings. The number of nitrogens with one attached hydrogen (secondary N) is 1. The number of anilines is 2. The van der Waals surface area contributed by atoms with Gasteiger partial charge in [-0.3, -0.25) is 9.48 Å². The first-order chi connectivity index (χ1) is 14.3. The smallest absolute Gasteiger partial charge is 0.277 e. The lowest BCUT2D eigenvalue weighted by molar-refractivity contribution is 0.102. The average Bonchev–Trinajstić information content (AvgIpc) is 3.28. The molecule has 0 aliphatic heterocycles. The fraction of sp³-hybridized carbons (Fsp3) is 0.350. The predicted molar refractivity (Wildman–Crippen MR) is 114 cm³/mol. The molecule has 0 radical (unpaired) electrons. The molecule has 1 aromatic carbocycles. The number of nitrogens with two attached hydrogens (primary N) is 2. The van der Waals surface area contributed by atoms with Crippen molar-refractivity contribution in [2.45, 2.75) is 38.1 Å². The third-order valence-electron chi connectivity index (χ3n) is 4.66. The van der Waals surface area contributed by atoms with Gasteiger partial charge in [-0.1, -0.05) is 36.7 Å². The number of carbonyl (C=O) groups is 1. The summed E-state index contributed by atoms with van der Waals surface area (Å²) in [7, 11) is 1.70. The van der Waals surface area contributed by atoms with Crippen LogP contribution in [0.4, 0.5) is 19.5 Å². The average molecular weight is 435 g/mol. The van der Waals surface area contributed by atoms with Gasteiger partial charge in [0.1, 0.15) is 21.6 Å². The van der Waals surface area contributed by atoms with E-state index < -0.39 is 17.5 Å². The van der Waals surface area contributed by atoms with E-state index >= 15 is 0 Å². The minimum Gasteiger partial charge on any atom is -0.389 e. The summed E-state index contributed by atoms with van der Waals surface area (Å²) >= 11 is 0.845. The molecule has 1 aliphatic carbocycles. The zero-order valence-corrected chi connectivity index (χ0v) is 17.4. The second kappa shape index (κ2) is 9.77. The van der Waals surface area contributed by atoms with E-state index in [1.165, 1.54) is 49.0 Å². The molecule has 0 saturated heterocycles. The van der Waals surface area contributed by atoms with E-state index in [0.29, 0.717) is 11.7 Å². The highest BCUT2D eigenvalue weighted by atomic mass is 32.1. The van der Waals surface area contributed by atoms with Gasteiger partial charge in [-0.2, -0.15) is 5.10 Å². The minimum atomic E-state index is -0.766. The molecule has 1 aliphatic rings. The Morgan fingerprint density at radius 1 is 1.23 bits per heavy atom. The van der Waals surface area contributed by atoms with Crippen molar-refractivity contribution in [2.75, 3.05) is 11.1 Å². The zero-order valence-electron chi connectivity index (χ0n) is 16.6. The molecule has 3 aromatic rings. The normalized spacial score (nSPS) is 14.1. The lowest BCUT2D eigenvalue weighted by Gasteiger charge is -2.15. The van der Waals surface area contributed by atoms with E-state index in [0.717, 1.165) is 23.5 Å². The number of rotatable bonds is 3. The van der Waals surface area contributed by atoms with Gasteiger partial charge in [0.05, 0.1) is 17.4 Å². The molecular weight excluding hydrogens is 410 g/mol. The van der Waals surface area contributed by atoms with Crippen molar-refractivity contribution in [3.63, 3.8) is 0 Å². The lowest BCUT2D eigenvalue weighted by atomic mass is 9.97. The van der Waals surface area contributed by atoms with Gasteiger partial charge < -0.3 is 16.8 Å². The predicted octanol–water partition coefficient (Wildman–Crippen LogP) is 3.93.